The van der Waals surface area contributed by atoms with Crippen LogP contribution in [0.3, 0.4) is 0 Å². The van der Waals surface area contributed by atoms with Crippen LogP contribution in [0, 0.1) is 0 Å². The fraction of sp³-hybridized carbons (Fsp3) is 1.00. The molecule has 86 valence electrons. The van der Waals surface area contributed by atoms with Gasteiger partial charge in [0.15, 0.2) is 7.60 Å². The average molecular weight is 424 g/mol. The Morgan fingerprint density at radius 2 is 1.35 bits per heavy atom. The maximum absolute atomic E-state index is 10.7. The summed E-state index contributed by atoms with van der Waals surface area (Å²) >= 11 is 14.5. The van der Waals surface area contributed by atoms with E-state index in [0.29, 0.717) is 0 Å². The van der Waals surface area contributed by atoms with E-state index in [1.54, 1.807) is 0 Å². The zero-order valence-electron chi connectivity index (χ0n) is 9.00. The molecule has 0 aliphatic rings. The summed E-state index contributed by atoms with van der Waals surface area (Å²) in [7, 11) is -11.3. The summed E-state index contributed by atoms with van der Waals surface area (Å²) in [4.78, 5) is 30.9. The van der Waals surface area contributed by atoms with Crippen LogP contribution in [-0.2, 0) is 13.7 Å². The van der Waals surface area contributed by atoms with Gasteiger partial charge in [-0.05, 0) is 7.60 Å². The average Bonchev–Trinajstić information content (AvgIpc) is 1.78. The minimum absolute atomic E-state index is 0. The summed E-state index contributed by atoms with van der Waals surface area (Å²) in [5.41, 5.74) is -3.29. The molecule has 2 atom stereocenters. The molecule has 0 heterocycles. The number of aliphatic hydroxyl groups excluding tert-OH is 1. The van der Waals surface area contributed by atoms with E-state index >= 15 is 0 Å². The SMILES string of the molecule is O=P([O-])([O-])C(O)P(=O)([O-])OC(Cl)(Cl)Cl.[K+].[K+].[K+]. The molecule has 15 heteroatoms. The number of alkyl halides is 3. The Morgan fingerprint density at radius 3 is 1.53 bits per heavy atom. The molecule has 17 heavy (non-hydrogen) atoms. The molecule has 0 aromatic rings. The van der Waals surface area contributed by atoms with Gasteiger partial charge in [-0.25, -0.2) is 0 Å². The molecular weight excluding hydrogens is 422 g/mol. The number of hydrogen-bond donors (Lipinski definition) is 1. The largest absolute Gasteiger partial charge is 1.00 e. The fourth-order valence-corrected chi connectivity index (χ4v) is 3.14. The maximum Gasteiger partial charge on any atom is 1.00 e. The Labute approximate surface area is 240 Å². The monoisotopic (exact) mass is 422 g/mol. The number of hydrogen-bond acceptors (Lipinski definition) is 7. The molecular formula is C2H2Cl3K3O7P2. The van der Waals surface area contributed by atoms with Crippen molar-refractivity contribution in [3.05, 3.63) is 0 Å². The van der Waals surface area contributed by atoms with E-state index in [4.69, 9.17) is 39.9 Å². The molecule has 1 N–H and O–H groups in total. The van der Waals surface area contributed by atoms with E-state index in [2.05, 4.69) is 4.52 Å². The first-order chi connectivity index (χ1) is 5.86. The van der Waals surface area contributed by atoms with Crippen LogP contribution in [0.5, 0.6) is 0 Å². The Hall–Kier alpha value is 6.04. The summed E-state index contributed by atoms with van der Waals surface area (Å²) in [5, 5.41) is 8.51. The van der Waals surface area contributed by atoms with Gasteiger partial charge in [0, 0.05) is 0 Å². The van der Waals surface area contributed by atoms with E-state index in [1.807, 2.05) is 0 Å². The number of halogens is 3. The first-order valence-corrected chi connectivity index (χ1v) is 7.00. The molecule has 0 radical (unpaired) electrons. The van der Waals surface area contributed by atoms with Crippen molar-refractivity contribution in [2.45, 2.75) is 9.56 Å². The maximum atomic E-state index is 10.7. The van der Waals surface area contributed by atoms with Crippen molar-refractivity contribution in [3.8, 4) is 0 Å². The van der Waals surface area contributed by atoms with Gasteiger partial charge in [0.25, 0.3) is 0 Å². The van der Waals surface area contributed by atoms with Crippen LogP contribution in [0.2, 0.25) is 0 Å². The van der Waals surface area contributed by atoms with Crippen molar-refractivity contribution >= 4 is 50.0 Å². The summed E-state index contributed by atoms with van der Waals surface area (Å²) in [6, 6.07) is 0. The van der Waals surface area contributed by atoms with Crippen LogP contribution in [0.4, 0.5) is 0 Å². The second-order valence-electron chi connectivity index (χ2n) is 1.96. The minimum Gasteiger partial charge on any atom is -0.809 e. The molecule has 2 unspecified atom stereocenters. The van der Waals surface area contributed by atoms with Crippen molar-refractivity contribution in [2.24, 2.45) is 0 Å². The van der Waals surface area contributed by atoms with Crippen LogP contribution < -0.4 is 169 Å². The summed E-state index contributed by atoms with van der Waals surface area (Å²) in [5.74, 6) is 0. The van der Waals surface area contributed by atoms with Gasteiger partial charge in [0.1, 0.15) is 5.59 Å². The predicted molar refractivity (Wildman–Crippen MR) is 42.6 cm³/mol. The van der Waals surface area contributed by atoms with Gasteiger partial charge < -0.3 is 28.9 Å². The molecule has 0 rings (SSSR count). The van der Waals surface area contributed by atoms with Gasteiger partial charge in [0.2, 0.25) is 0 Å². The topological polar surface area (TPSA) is 133 Å². The predicted octanol–water partition coefficient (Wildman–Crippen LogP) is -9.91. The Balaban J connectivity index is -0.000000282. The van der Waals surface area contributed by atoms with Gasteiger partial charge in [-0.2, -0.15) is 0 Å². The first kappa shape index (κ1) is 30.9. The molecule has 0 saturated carbocycles. The smallest absolute Gasteiger partial charge is 0.809 e. The molecule has 0 spiro atoms. The van der Waals surface area contributed by atoms with Crippen LogP contribution in [0.25, 0.3) is 0 Å². The van der Waals surface area contributed by atoms with Crippen molar-refractivity contribution < 1.29 is 188 Å². The van der Waals surface area contributed by atoms with Gasteiger partial charge in [-0.1, -0.05) is 34.8 Å². The third-order valence-electron chi connectivity index (χ3n) is 0.796. The zero-order chi connectivity index (χ0) is 11.8. The van der Waals surface area contributed by atoms with E-state index in [0.717, 1.165) is 0 Å². The van der Waals surface area contributed by atoms with Crippen molar-refractivity contribution in [1.82, 2.24) is 0 Å². The van der Waals surface area contributed by atoms with Crippen LogP contribution in [0.15, 0.2) is 0 Å². The van der Waals surface area contributed by atoms with Crippen LogP contribution >= 0.6 is 50.0 Å². The molecule has 0 saturated heterocycles. The summed E-state index contributed by atoms with van der Waals surface area (Å²) in [6.45, 7) is 0. The third-order valence-corrected chi connectivity index (χ3v) is 4.71. The van der Waals surface area contributed by atoms with Crippen LogP contribution in [0.1, 0.15) is 0 Å². The van der Waals surface area contributed by atoms with Gasteiger partial charge in [0.05, 0.1) is 0 Å². The second-order valence-corrected chi connectivity index (χ2v) is 7.87. The molecule has 0 fully saturated rings. The standard InChI is InChI=1S/C2H5Cl3O7P2.3K/c3-2(4,5)12-14(10,11)1(6)13(7,8)9;;;/h1,6H,(H,10,11)(H2,7,8,9);;;/q;3*+1/p-3. The van der Waals surface area contributed by atoms with E-state index < -0.39 is 24.8 Å². The molecule has 0 aliphatic carbocycles. The van der Waals surface area contributed by atoms with Crippen molar-refractivity contribution in [3.63, 3.8) is 0 Å². The fourth-order valence-electron chi connectivity index (χ4n) is 0.365. The number of aliphatic hydroxyl groups is 1. The van der Waals surface area contributed by atoms with E-state index in [9.17, 15) is 23.8 Å². The Bertz CT molecular complexity index is 303. The van der Waals surface area contributed by atoms with E-state index in [-0.39, 0.29) is 154 Å². The summed E-state index contributed by atoms with van der Waals surface area (Å²) < 4.78 is 21.6. The normalized spacial score (nSPS) is 16.6. The van der Waals surface area contributed by atoms with Crippen LogP contribution in [-0.4, -0.2) is 14.7 Å². The van der Waals surface area contributed by atoms with Crippen molar-refractivity contribution in [2.75, 3.05) is 0 Å². The Kier molecular flexibility index (Phi) is 22.5. The van der Waals surface area contributed by atoms with Gasteiger partial charge >= 0.3 is 158 Å². The first-order valence-electron chi connectivity index (χ1n) is 2.64. The molecule has 0 bridgehead atoms. The zero-order valence-corrected chi connectivity index (χ0v) is 22.4. The molecule has 7 nitrogen and oxygen atoms in total. The van der Waals surface area contributed by atoms with E-state index in [1.165, 1.54) is 0 Å². The molecule has 0 aromatic carbocycles. The third kappa shape index (κ3) is 15.3. The summed E-state index contributed by atoms with van der Waals surface area (Å²) in [6.07, 6.45) is 0. The molecule has 0 aliphatic heterocycles. The van der Waals surface area contributed by atoms with Gasteiger partial charge in [-0.15, -0.1) is 0 Å². The number of rotatable bonds is 3. The quantitative estimate of drug-likeness (QED) is 0.271. The van der Waals surface area contributed by atoms with Crippen molar-refractivity contribution in [1.29, 1.82) is 0 Å². The molecule has 0 amide bonds. The second kappa shape index (κ2) is 12.4. The molecule has 0 aromatic heterocycles. The minimum atomic E-state index is -5.79. The van der Waals surface area contributed by atoms with Gasteiger partial charge in [-0.3, -0.25) is 4.52 Å². The Morgan fingerprint density at radius 1 is 1.06 bits per heavy atom.